The molecule has 90 valence electrons. The molecule has 0 aliphatic carbocycles. The van der Waals surface area contributed by atoms with Crippen molar-refractivity contribution >= 4 is 0 Å². The second kappa shape index (κ2) is 6.35. The van der Waals surface area contributed by atoms with Crippen LogP contribution in [0.5, 0.6) is 11.5 Å². The van der Waals surface area contributed by atoms with Gasteiger partial charge in [-0.3, -0.25) is 0 Å². The number of ether oxygens (including phenoxy) is 2. The Balaban J connectivity index is 2.71. The molecule has 4 heteroatoms. The van der Waals surface area contributed by atoms with Crippen molar-refractivity contribution in [1.29, 1.82) is 0 Å². The maximum absolute atomic E-state index is 8.99. The van der Waals surface area contributed by atoms with Crippen LogP contribution in [-0.4, -0.2) is 25.4 Å². The Morgan fingerprint density at radius 3 is 2.69 bits per heavy atom. The molecule has 0 fully saturated rings. The van der Waals surface area contributed by atoms with E-state index in [2.05, 4.69) is 0 Å². The summed E-state index contributed by atoms with van der Waals surface area (Å²) in [6.07, 6.45) is 0. The third-order valence-corrected chi connectivity index (χ3v) is 2.34. The monoisotopic (exact) mass is 225 g/mol. The summed E-state index contributed by atoms with van der Waals surface area (Å²) in [6, 6.07) is 5.38. The van der Waals surface area contributed by atoms with Gasteiger partial charge in [-0.2, -0.15) is 0 Å². The van der Waals surface area contributed by atoms with Crippen molar-refractivity contribution in [1.82, 2.24) is 0 Å². The first-order valence-corrected chi connectivity index (χ1v) is 5.32. The molecule has 1 aromatic rings. The van der Waals surface area contributed by atoms with Crippen molar-refractivity contribution < 1.29 is 14.6 Å². The summed E-state index contributed by atoms with van der Waals surface area (Å²) in [5, 5.41) is 8.99. The average Bonchev–Trinajstić information content (AvgIpc) is 2.35. The lowest BCUT2D eigenvalue weighted by atomic mass is 10.2. The van der Waals surface area contributed by atoms with Crippen molar-refractivity contribution in [2.45, 2.75) is 13.5 Å². The minimum Gasteiger partial charge on any atom is -0.493 e. The van der Waals surface area contributed by atoms with Gasteiger partial charge in [0.15, 0.2) is 11.5 Å². The van der Waals surface area contributed by atoms with E-state index in [1.54, 1.807) is 19.2 Å². The van der Waals surface area contributed by atoms with Crippen LogP contribution < -0.4 is 15.2 Å². The summed E-state index contributed by atoms with van der Waals surface area (Å²) in [6.45, 7) is 3.17. The highest BCUT2D eigenvalue weighted by molar-refractivity contribution is 5.42. The van der Waals surface area contributed by atoms with Crippen molar-refractivity contribution in [3.63, 3.8) is 0 Å². The van der Waals surface area contributed by atoms with Gasteiger partial charge in [-0.05, 0) is 24.2 Å². The molecule has 4 nitrogen and oxygen atoms in total. The molecule has 0 saturated heterocycles. The molecule has 0 aliphatic rings. The molecule has 16 heavy (non-hydrogen) atoms. The molecule has 0 spiro atoms. The molecule has 0 heterocycles. The van der Waals surface area contributed by atoms with Gasteiger partial charge in [-0.15, -0.1) is 0 Å². The summed E-state index contributed by atoms with van der Waals surface area (Å²) in [7, 11) is 1.58. The van der Waals surface area contributed by atoms with E-state index in [9.17, 15) is 0 Å². The number of hydrogen-bond donors (Lipinski definition) is 2. The third kappa shape index (κ3) is 3.40. The second-order valence-corrected chi connectivity index (χ2v) is 3.80. The van der Waals surface area contributed by atoms with E-state index in [-0.39, 0.29) is 6.61 Å². The molecule has 0 saturated carbocycles. The second-order valence-electron chi connectivity index (χ2n) is 3.80. The summed E-state index contributed by atoms with van der Waals surface area (Å²) >= 11 is 0. The highest BCUT2D eigenvalue weighted by Crippen LogP contribution is 2.28. The Hall–Kier alpha value is -1.26. The Kier molecular flexibility index (Phi) is 5.08. The molecule has 0 bridgehead atoms. The molecular weight excluding hydrogens is 206 g/mol. The van der Waals surface area contributed by atoms with Crippen LogP contribution in [0.2, 0.25) is 0 Å². The molecular formula is C12H19NO3. The molecule has 0 aliphatic heterocycles. The third-order valence-electron chi connectivity index (χ3n) is 2.34. The smallest absolute Gasteiger partial charge is 0.161 e. The van der Waals surface area contributed by atoms with E-state index in [1.807, 2.05) is 13.0 Å². The zero-order valence-electron chi connectivity index (χ0n) is 9.77. The topological polar surface area (TPSA) is 64.7 Å². The number of methoxy groups -OCH3 is 1. The normalized spacial score (nSPS) is 12.2. The van der Waals surface area contributed by atoms with Gasteiger partial charge in [0.2, 0.25) is 0 Å². The zero-order chi connectivity index (χ0) is 12.0. The van der Waals surface area contributed by atoms with Gasteiger partial charge in [0.05, 0.1) is 20.3 Å². The first-order valence-electron chi connectivity index (χ1n) is 5.32. The number of aliphatic hydroxyl groups is 1. The fraction of sp³-hybridized carbons (Fsp3) is 0.500. The van der Waals surface area contributed by atoms with Gasteiger partial charge in [-0.25, -0.2) is 0 Å². The van der Waals surface area contributed by atoms with Crippen LogP contribution >= 0.6 is 0 Å². The van der Waals surface area contributed by atoms with E-state index < -0.39 is 0 Å². The van der Waals surface area contributed by atoms with E-state index in [0.29, 0.717) is 30.6 Å². The molecule has 0 amide bonds. The Morgan fingerprint density at radius 2 is 2.12 bits per heavy atom. The SMILES string of the molecule is COc1cc(CO)ccc1OCC(C)CN. The number of benzene rings is 1. The molecule has 3 N–H and O–H groups in total. The quantitative estimate of drug-likeness (QED) is 0.762. The van der Waals surface area contributed by atoms with Crippen LogP contribution in [0.15, 0.2) is 18.2 Å². The number of rotatable bonds is 6. The molecule has 0 aromatic heterocycles. The molecule has 1 aromatic carbocycles. The van der Waals surface area contributed by atoms with Gasteiger partial charge in [0.25, 0.3) is 0 Å². The van der Waals surface area contributed by atoms with Crippen molar-refractivity contribution in [2.75, 3.05) is 20.3 Å². The summed E-state index contributed by atoms with van der Waals surface area (Å²) in [5.41, 5.74) is 6.31. The number of nitrogens with two attached hydrogens (primary N) is 1. The Labute approximate surface area is 96.0 Å². The van der Waals surface area contributed by atoms with Crippen LogP contribution in [0, 0.1) is 5.92 Å². The largest absolute Gasteiger partial charge is 0.493 e. The lowest BCUT2D eigenvalue weighted by molar-refractivity contribution is 0.249. The van der Waals surface area contributed by atoms with Crippen molar-refractivity contribution in [3.05, 3.63) is 23.8 Å². The highest BCUT2D eigenvalue weighted by atomic mass is 16.5. The molecule has 1 rings (SSSR count). The van der Waals surface area contributed by atoms with E-state index in [1.165, 1.54) is 0 Å². The Bertz CT molecular complexity index is 328. The zero-order valence-corrected chi connectivity index (χ0v) is 9.77. The highest BCUT2D eigenvalue weighted by Gasteiger charge is 2.07. The fourth-order valence-electron chi connectivity index (χ4n) is 1.23. The van der Waals surface area contributed by atoms with Gasteiger partial charge in [-0.1, -0.05) is 13.0 Å². The molecule has 0 radical (unpaired) electrons. The molecule has 1 atom stereocenters. The van der Waals surface area contributed by atoms with Crippen LogP contribution in [0.4, 0.5) is 0 Å². The van der Waals surface area contributed by atoms with E-state index >= 15 is 0 Å². The van der Waals surface area contributed by atoms with Gasteiger partial charge in [0, 0.05) is 5.92 Å². The standard InChI is InChI=1S/C12H19NO3/c1-9(6-13)8-16-11-4-3-10(7-14)5-12(11)15-2/h3-5,9,14H,6-8,13H2,1-2H3. The van der Waals surface area contributed by atoms with Crippen molar-refractivity contribution in [2.24, 2.45) is 11.7 Å². The van der Waals surface area contributed by atoms with Gasteiger partial charge >= 0.3 is 0 Å². The maximum Gasteiger partial charge on any atom is 0.161 e. The number of aliphatic hydroxyl groups excluding tert-OH is 1. The first kappa shape index (κ1) is 12.8. The van der Waals surface area contributed by atoms with Crippen LogP contribution in [-0.2, 0) is 6.61 Å². The fourth-order valence-corrected chi connectivity index (χ4v) is 1.23. The first-order chi connectivity index (χ1) is 7.71. The summed E-state index contributed by atoms with van der Waals surface area (Å²) < 4.78 is 10.8. The molecule has 1 unspecified atom stereocenters. The van der Waals surface area contributed by atoms with Crippen LogP contribution in [0.3, 0.4) is 0 Å². The minimum atomic E-state index is -0.00412. The average molecular weight is 225 g/mol. The number of hydrogen-bond acceptors (Lipinski definition) is 4. The van der Waals surface area contributed by atoms with Crippen LogP contribution in [0.25, 0.3) is 0 Å². The van der Waals surface area contributed by atoms with E-state index in [4.69, 9.17) is 20.3 Å². The predicted molar refractivity (Wildman–Crippen MR) is 62.6 cm³/mol. The maximum atomic E-state index is 8.99. The Morgan fingerprint density at radius 1 is 1.38 bits per heavy atom. The summed E-state index contributed by atoms with van der Waals surface area (Å²) in [5.74, 6) is 1.62. The van der Waals surface area contributed by atoms with Gasteiger partial charge in [0.1, 0.15) is 0 Å². The van der Waals surface area contributed by atoms with Crippen LogP contribution in [0.1, 0.15) is 12.5 Å². The van der Waals surface area contributed by atoms with E-state index in [0.717, 1.165) is 5.56 Å². The minimum absolute atomic E-state index is 0.00412. The van der Waals surface area contributed by atoms with Crippen molar-refractivity contribution in [3.8, 4) is 11.5 Å². The lowest BCUT2D eigenvalue weighted by Crippen LogP contribution is -2.18. The summed E-state index contributed by atoms with van der Waals surface area (Å²) in [4.78, 5) is 0. The van der Waals surface area contributed by atoms with Gasteiger partial charge < -0.3 is 20.3 Å². The predicted octanol–water partition coefficient (Wildman–Crippen LogP) is 1.16. The lowest BCUT2D eigenvalue weighted by Gasteiger charge is -2.14.